The Labute approximate surface area is 89.3 Å². The van der Waals surface area contributed by atoms with Crippen LogP contribution in [0.15, 0.2) is 36.7 Å². The third-order valence-electron chi connectivity index (χ3n) is 2.08. The maximum atomic E-state index is 12.7. The standard InChI is InChI=1S/C10H8F3N3/c11-10(12,13)8-3-2-7(14)6-9(8)16-5-1-4-15-16/h1-6H,14H2. The SMILES string of the molecule is Nc1ccc(C(F)(F)F)c(-n2cccn2)c1. The minimum atomic E-state index is -4.42. The minimum Gasteiger partial charge on any atom is -0.399 e. The Kier molecular flexibility index (Phi) is 2.34. The summed E-state index contributed by atoms with van der Waals surface area (Å²) in [5.74, 6) is 0. The molecule has 0 unspecified atom stereocenters. The monoisotopic (exact) mass is 227 g/mol. The smallest absolute Gasteiger partial charge is 0.399 e. The molecule has 0 saturated carbocycles. The Morgan fingerprint density at radius 2 is 2.00 bits per heavy atom. The summed E-state index contributed by atoms with van der Waals surface area (Å²) in [7, 11) is 0. The zero-order chi connectivity index (χ0) is 11.8. The van der Waals surface area contributed by atoms with Crippen LogP contribution in [0.2, 0.25) is 0 Å². The van der Waals surface area contributed by atoms with E-state index in [2.05, 4.69) is 5.10 Å². The first kappa shape index (κ1) is 10.5. The molecule has 2 aromatic rings. The van der Waals surface area contributed by atoms with Crippen LogP contribution >= 0.6 is 0 Å². The van der Waals surface area contributed by atoms with Crippen LogP contribution in [-0.4, -0.2) is 9.78 Å². The molecular weight excluding hydrogens is 219 g/mol. The van der Waals surface area contributed by atoms with Gasteiger partial charge >= 0.3 is 6.18 Å². The van der Waals surface area contributed by atoms with Gasteiger partial charge in [0.05, 0.1) is 11.3 Å². The van der Waals surface area contributed by atoms with Gasteiger partial charge in [0.2, 0.25) is 0 Å². The van der Waals surface area contributed by atoms with Gasteiger partial charge in [-0.05, 0) is 24.3 Å². The molecule has 0 radical (unpaired) electrons. The maximum Gasteiger partial charge on any atom is 0.418 e. The van der Waals surface area contributed by atoms with Crippen molar-refractivity contribution < 1.29 is 13.2 Å². The average Bonchev–Trinajstić information content (AvgIpc) is 2.68. The first-order valence-electron chi connectivity index (χ1n) is 4.45. The molecule has 0 aliphatic rings. The molecule has 0 aliphatic carbocycles. The highest BCUT2D eigenvalue weighted by Gasteiger charge is 2.34. The Balaban J connectivity index is 2.63. The molecule has 2 N–H and O–H groups in total. The van der Waals surface area contributed by atoms with Crippen LogP contribution < -0.4 is 5.73 Å². The van der Waals surface area contributed by atoms with Crippen LogP contribution in [0.5, 0.6) is 0 Å². The first-order chi connectivity index (χ1) is 7.48. The van der Waals surface area contributed by atoms with Crippen molar-refractivity contribution in [3.8, 4) is 5.69 Å². The highest BCUT2D eigenvalue weighted by Crippen LogP contribution is 2.34. The lowest BCUT2D eigenvalue weighted by Crippen LogP contribution is -2.11. The van der Waals surface area contributed by atoms with Crippen molar-refractivity contribution in [3.63, 3.8) is 0 Å². The second-order valence-electron chi connectivity index (χ2n) is 3.22. The summed E-state index contributed by atoms with van der Waals surface area (Å²) in [6, 6.07) is 4.96. The molecule has 0 fully saturated rings. The van der Waals surface area contributed by atoms with E-state index in [1.807, 2.05) is 0 Å². The highest BCUT2D eigenvalue weighted by molar-refractivity contribution is 5.53. The normalized spacial score (nSPS) is 11.7. The van der Waals surface area contributed by atoms with E-state index in [4.69, 9.17) is 5.73 Å². The van der Waals surface area contributed by atoms with Gasteiger partial charge in [-0.25, -0.2) is 4.68 Å². The number of hydrogen-bond donors (Lipinski definition) is 1. The molecule has 0 saturated heterocycles. The molecule has 2 rings (SSSR count). The van der Waals surface area contributed by atoms with E-state index in [1.165, 1.54) is 24.5 Å². The van der Waals surface area contributed by atoms with Crippen LogP contribution in [0.4, 0.5) is 18.9 Å². The summed E-state index contributed by atoms with van der Waals surface area (Å²) in [5.41, 5.74) is 4.90. The van der Waals surface area contributed by atoms with Crippen molar-refractivity contribution in [2.24, 2.45) is 0 Å². The van der Waals surface area contributed by atoms with Crippen molar-refractivity contribution in [1.82, 2.24) is 9.78 Å². The van der Waals surface area contributed by atoms with Gasteiger partial charge in [0.25, 0.3) is 0 Å². The van der Waals surface area contributed by atoms with E-state index >= 15 is 0 Å². The number of aromatic nitrogens is 2. The van der Waals surface area contributed by atoms with E-state index < -0.39 is 11.7 Å². The van der Waals surface area contributed by atoms with Crippen LogP contribution in [0, 0.1) is 0 Å². The van der Waals surface area contributed by atoms with Crippen molar-refractivity contribution in [3.05, 3.63) is 42.2 Å². The zero-order valence-electron chi connectivity index (χ0n) is 8.07. The van der Waals surface area contributed by atoms with Gasteiger partial charge in [0.1, 0.15) is 0 Å². The number of benzene rings is 1. The third kappa shape index (κ3) is 1.86. The fraction of sp³-hybridized carbons (Fsp3) is 0.100. The second-order valence-corrected chi connectivity index (χ2v) is 3.22. The molecule has 0 atom stereocenters. The molecule has 0 aliphatic heterocycles. The predicted octanol–water partition coefficient (Wildman–Crippen LogP) is 2.47. The highest BCUT2D eigenvalue weighted by atomic mass is 19.4. The van der Waals surface area contributed by atoms with Crippen LogP contribution in [0.3, 0.4) is 0 Å². The van der Waals surface area contributed by atoms with Crippen molar-refractivity contribution in [2.75, 3.05) is 5.73 Å². The summed E-state index contributed by atoms with van der Waals surface area (Å²) < 4.78 is 39.2. The number of anilines is 1. The molecular formula is C10H8F3N3. The molecule has 1 heterocycles. The Hall–Kier alpha value is -1.98. The molecule has 3 nitrogen and oxygen atoms in total. The van der Waals surface area contributed by atoms with E-state index in [1.54, 1.807) is 6.07 Å². The fourth-order valence-corrected chi connectivity index (χ4v) is 1.39. The van der Waals surface area contributed by atoms with Crippen molar-refractivity contribution in [2.45, 2.75) is 6.18 Å². The average molecular weight is 227 g/mol. The van der Waals surface area contributed by atoms with Crippen molar-refractivity contribution in [1.29, 1.82) is 0 Å². The molecule has 16 heavy (non-hydrogen) atoms. The lowest BCUT2D eigenvalue weighted by Gasteiger charge is -2.13. The van der Waals surface area contributed by atoms with Gasteiger partial charge in [0.15, 0.2) is 0 Å². The number of alkyl halides is 3. The largest absolute Gasteiger partial charge is 0.418 e. The molecule has 0 bridgehead atoms. The summed E-state index contributed by atoms with van der Waals surface area (Å²) >= 11 is 0. The lowest BCUT2D eigenvalue weighted by atomic mass is 10.1. The summed E-state index contributed by atoms with van der Waals surface area (Å²) in [4.78, 5) is 0. The Morgan fingerprint density at radius 3 is 2.56 bits per heavy atom. The number of rotatable bonds is 1. The second kappa shape index (κ2) is 3.55. The first-order valence-corrected chi connectivity index (χ1v) is 4.45. The number of hydrogen-bond acceptors (Lipinski definition) is 2. The zero-order valence-corrected chi connectivity index (χ0v) is 8.07. The van der Waals surface area contributed by atoms with Gasteiger partial charge in [0, 0.05) is 18.1 Å². The molecule has 0 spiro atoms. The van der Waals surface area contributed by atoms with Gasteiger partial charge in [-0.2, -0.15) is 18.3 Å². The van der Waals surface area contributed by atoms with E-state index in [-0.39, 0.29) is 11.4 Å². The third-order valence-corrected chi connectivity index (χ3v) is 2.08. The van der Waals surface area contributed by atoms with Gasteiger partial charge < -0.3 is 5.73 Å². The Bertz CT molecular complexity index is 489. The van der Waals surface area contributed by atoms with E-state index in [0.29, 0.717) is 0 Å². The van der Waals surface area contributed by atoms with E-state index in [0.717, 1.165) is 10.7 Å². The van der Waals surface area contributed by atoms with E-state index in [9.17, 15) is 13.2 Å². The van der Waals surface area contributed by atoms with Gasteiger partial charge in [-0.15, -0.1) is 0 Å². The summed E-state index contributed by atoms with van der Waals surface area (Å²) in [5, 5.41) is 3.76. The lowest BCUT2D eigenvalue weighted by molar-refractivity contribution is -0.137. The van der Waals surface area contributed by atoms with Crippen LogP contribution in [0.25, 0.3) is 5.69 Å². The molecule has 1 aromatic heterocycles. The molecule has 84 valence electrons. The molecule has 0 amide bonds. The van der Waals surface area contributed by atoms with Crippen molar-refractivity contribution >= 4 is 5.69 Å². The maximum absolute atomic E-state index is 12.7. The number of nitrogens with zero attached hydrogens (tertiary/aromatic N) is 2. The number of nitrogen functional groups attached to an aromatic ring is 1. The number of nitrogens with two attached hydrogens (primary N) is 1. The fourth-order valence-electron chi connectivity index (χ4n) is 1.39. The van der Waals surface area contributed by atoms with Crippen LogP contribution in [0.1, 0.15) is 5.56 Å². The van der Waals surface area contributed by atoms with Gasteiger partial charge in [-0.1, -0.05) is 0 Å². The molecule has 1 aromatic carbocycles. The number of halogens is 3. The predicted molar refractivity (Wildman–Crippen MR) is 53.0 cm³/mol. The minimum absolute atomic E-state index is 0.0718. The summed E-state index contributed by atoms with van der Waals surface area (Å²) in [6.07, 6.45) is -1.58. The summed E-state index contributed by atoms with van der Waals surface area (Å²) in [6.45, 7) is 0. The quantitative estimate of drug-likeness (QED) is 0.760. The van der Waals surface area contributed by atoms with Crippen LogP contribution in [-0.2, 0) is 6.18 Å². The van der Waals surface area contributed by atoms with Gasteiger partial charge in [-0.3, -0.25) is 0 Å². The topological polar surface area (TPSA) is 43.8 Å². The molecule has 6 heteroatoms. The Morgan fingerprint density at radius 1 is 1.25 bits per heavy atom.